The molecule has 0 aliphatic rings. The highest BCUT2D eigenvalue weighted by molar-refractivity contribution is 5.78. The molecule has 0 aliphatic carbocycles. The molecule has 0 heterocycles. The summed E-state index contributed by atoms with van der Waals surface area (Å²) in [6.07, 6.45) is 1.12. The smallest absolute Gasteiger partial charge is 0.308 e. The molecule has 0 bridgehead atoms. The lowest BCUT2D eigenvalue weighted by Crippen LogP contribution is -2.36. The molecule has 0 saturated carbocycles. The molecule has 138 valence electrons. The Balaban J connectivity index is 1.70. The summed E-state index contributed by atoms with van der Waals surface area (Å²) in [5.74, 6) is -1.88. The molecule has 0 spiro atoms. The highest BCUT2D eigenvalue weighted by Crippen LogP contribution is 2.11. The molecular weight excluding hydrogens is 330 g/mol. The molecule has 0 aliphatic heterocycles. The van der Waals surface area contributed by atoms with Crippen molar-refractivity contribution in [2.75, 3.05) is 19.8 Å². The lowest BCUT2D eigenvalue weighted by molar-refractivity contribution is -0.141. The summed E-state index contributed by atoms with van der Waals surface area (Å²) >= 11 is 0. The summed E-state index contributed by atoms with van der Waals surface area (Å²) in [6, 6.07) is 17.6. The first-order chi connectivity index (χ1) is 12.5. The zero-order valence-corrected chi connectivity index (χ0v) is 15.0. The van der Waals surface area contributed by atoms with Crippen LogP contribution in [-0.4, -0.2) is 36.7 Å². The highest BCUT2D eigenvalue weighted by Gasteiger charge is 2.19. The third-order valence-electron chi connectivity index (χ3n) is 4.07. The van der Waals surface area contributed by atoms with Crippen molar-refractivity contribution in [3.8, 4) is 0 Å². The van der Waals surface area contributed by atoms with Gasteiger partial charge in [0, 0.05) is 6.54 Å². The largest absolute Gasteiger partial charge is 0.481 e. The molecule has 2 rings (SSSR count). The molecule has 26 heavy (non-hydrogen) atoms. The van der Waals surface area contributed by atoms with Crippen LogP contribution < -0.4 is 5.32 Å². The standard InChI is InChI=1S/C21H25NO4/c1-16-6-5-9-18(12-16)13-19(21(24)25)14-22-20(23)15-26-11-10-17-7-3-2-4-8-17/h2-9,12,19H,10-11,13-15H2,1H3,(H,22,23)(H,24,25). The second-order valence-corrected chi connectivity index (χ2v) is 6.32. The average Bonchev–Trinajstić information content (AvgIpc) is 2.63. The van der Waals surface area contributed by atoms with Gasteiger partial charge in [-0.1, -0.05) is 60.2 Å². The van der Waals surface area contributed by atoms with Crippen LogP contribution in [0.4, 0.5) is 0 Å². The number of carboxylic acid groups (broad SMARTS) is 1. The van der Waals surface area contributed by atoms with E-state index in [1.165, 1.54) is 0 Å². The fourth-order valence-corrected chi connectivity index (χ4v) is 2.66. The van der Waals surface area contributed by atoms with Crippen LogP contribution in [0.15, 0.2) is 54.6 Å². The predicted molar refractivity (Wildman–Crippen MR) is 100.0 cm³/mol. The minimum absolute atomic E-state index is 0.0659. The number of amides is 1. The van der Waals surface area contributed by atoms with Crippen molar-refractivity contribution in [3.05, 3.63) is 71.3 Å². The van der Waals surface area contributed by atoms with E-state index < -0.39 is 11.9 Å². The van der Waals surface area contributed by atoms with Crippen molar-refractivity contribution in [1.82, 2.24) is 5.32 Å². The molecule has 5 heteroatoms. The summed E-state index contributed by atoms with van der Waals surface area (Å²) in [5, 5.41) is 12.0. The van der Waals surface area contributed by atoms with E-state index in [9.17, 15) is 14.7 Å². The summed E-state index contributed by atoms with van der Waals surface area (Å²) in [4.78, 5) is 23.3. The summed E-state index contributed by atoms with van der Waals surface area (Å²) < 4.78 is 5.37. The molecule has 0 fully saturated rings. The van der Waals surface area contributed by atoms with Crippen LogP contribution in [0.3, 0.4) is 0 Å². The molecule has 2 aromatic carbocycles. The third-order valence-corrected chi connectivity index (χ3v) is 4.07. The van der Waals surface area contributed by atoms with Crippen LogP contribution in [0.5, 0.6) is 0 Å². The van der Waals surface area contributed by atoms with Crippen LogP contribution in [0.1, 0.15) is 16.7 Å². The first-order valence-electron chi connectivity index (χ1n) is 8.71. The topological polar surface area (TPSA) is 75.6 Å². The molecule has 0 saturated heterocycles. The normalized spacial score (nSPS) is 11.7. The second-order valence-electron chi connectivity index (χ2n) is 6.32. The zero-order valence-electron chi connectivity index (χ0n) is 15.0. The van der Waals surface area contributed by atoms with Gasteiger partial charge in [-0.05, 0) is 30.9 Å². The van der Waals surface area contributed by atoms with E-state index in [1.54, 1.807) is 0 Å². The Labute approximate surface area is 154 Å². The van der Waals surface area contributed by atoms with Gasteiger partial charge in [0.2, 0.25) is 5.91 Å². The van der Waals surface area contributed by atoms with Gasteiger partial charge < -0.3 is 15.2 Å². The van der Waals surface area contributed by atoms with E-state index in [1.807, 2.05) is 61.5 Å². The van der Waals surface area contributed by atoms with Gasteiger partial charge >= 0.3 is 5.97 Å². The van der Waals surface area contributed by atoms with E-state index >= 15 is 0 Å². The highest BCUT2D eigenvalue weighted by atomic mass is 16.5. The van der Waals surface area contributed by atoms with Crippen molar-refractivity contribution >= 4 is 11.9 Å². The first-order valence-corrected chi connectivity index (χ1v) is 8.71. The van der Waals surface area contributed by atoms with E-state index in [0.29, 0.717) is 13.0 Å². The van der Waals surface area contributed by atoms with E-state index in [-0.39, 0.29) is 19.1 Å². The van der Waals surface area contributed by atoms with E-state index in [4.69, 9.17) is 4.74 Å². The van der Waals surface area contributed by atoms with Gasteiger partial charge in [0.15, 0.2) is 0 Å². The van der Waals surface area contributed by atoms with E-state index in [2.05, 4.69) is 5.32 Å². The second kappa shape index (κ2) is 10.4. The summed E-state index contributed by atoms with van der Waals surface area (Å²) in [6.45, 7) is 2.44. The number of hydrogen-bond donors (Lipinski definition) is 2. The molecule has 0 aromatic heterocycles. The number of aliphatic carboxylic acids is 1. The summed E-state index contributed by atoms with van der Waals surface area (Å²) in [5.41, 5.74) is 3.19. The zero-order chi connectivity index (χ0) is 18.8. The predicted octanol–water partition coefficient (Wildman–Crippen LogP) is 2.61. The number of ether oxygens (including phenoxy) is 1. The Hall–Kier alpha value is -2.66. The summed E-state index contributed by atoms with van der Waals surface area (Å²) in [7, 11) is 0. The van der Waals surface area contributed by atoms with Crippen LogP contribution in [0.25, 0.3) is 0 Å². The van der Waals surface area contributed by atoms with E-state index in [0.717, 1.165) is 23.1 Å². The van der Waals surface area contributed by atoms with Crippen molar-refractivity contribution in [3.63, 3.8) is 0 Å². The van der Waals surface area contributed by atoms with Crippen molar-refractivity contribution < 1.29 is 19.4 Å². The van der Waals surface area contributed by atoms with Gasteiger partial charge in [-0.3, -0.25) is 9.59 Å². The van der Waals surface area contributed by atoms with Gasteiger partial charge in [0.25, 0.3) is 0 Å². The maximum absolute atomic E-state index is 11.9. The maximum atomic E-state index is 11.9. The number of carboxylic acids is 1. The number of hydrogen-bond acceptors (Lipinski definition) is 3. The van der Waals surface area contributed by atoms with Gasteiger partial charge in [0.05, 0.1) is 12.5 Å². The average molecular weight is 355 g/mol. The molecule has 1 amide bonds. The number of rotatable bonds is 10. The Kier molecular flexibility index (Phi) is 7.83. The Bertz CT molecular complexity index is 715. The number of benzene rings is 2. The molecule has 1 unspecified atom stereocenters. The van der Waals surface area contributed by atoms with Crippen LogP contribution >= 0.6 is 0 Å². The third kappa shape index (κ3) is 7.07. The monoisotopic (exact) mass is 355 g/mol. The number of aryl methyl sites for hydroxylation is 1. The molecule has 1 atom stereocenters. The SMILES string of the molecule is Cc1cccc(CC(CNC(=O)COCCc2ccccc2)C(=O)O)c1. The Morgan fingerprint density at radius 3 is 2.50 bits per heavy atom. The number of carbonyl (C=O) groups is 2. The maximum Gasteiger partial charge on any atom is 0.308 e. The van der Waals surface area contributed by atoms with Crippen LogP contribution in [0.2, 0.25) is 0 Å². The van der Waals surface area contributed by atoms with Gasteiger partial charge in [-0.15, -0.1) is 0 Å². The molecular formula is C21H25NO4. The molecule has 2 N–H and O–H groups in total. The van der Waals surface area contributed by atoms with Gasteiger partial charge in [-0.25, -0.2) is 0 Å². The van der Waals surface area contributed by atoms with Crippen molar-refractivity contribution in [2.24, 2.45) is 5.92 Å². The van der Waals surface area contributed by atoms with Gasteiger partial charge in [-0.2, -0.15) is 0 Å². The quantitative estimate of drug-likeness (QED) is 0.643. The number of nitrogens with one attached hydrogen (secondary N) is 1. The number of carbonyl (C=O) groups excluding carboxylic acids is 1. The van der Waals surface area contributed by atoms with Gasteiger partial charge in [0.1, 0.15) is 6.61 Å². The Morgan fingerprint density at radius 1 is 1.08 bits per heavy atom. The molecule has 2 aromatic rings. The van der Waals surface area contributed by atoms with Crippen LogP contribution in [-0.2, 0) is 27.2 Å². The van der Waals surface area contributed by atoms with Crippen LogP contribution in [0, 0.1) is 12.8 Å². The lowest BCUT2D eigenvalue weighted by Gasteiger charge is -2.14. The first kappa shape index (κ1) is 19.7. The minimum Gasteiger partial charge on any atom is -0.481 e. The lowest BCUT2D eigenvalue weighted by atomic mass is 9.98. The fraction of sp³-hybridized carbons (Fsp3) is 0.333. The Morgan fingerprint density at radius 2 is 1.81 bits per heavy atom. The molecule has 0 radical (unpaired) electrons. The fourth-order valence-electron chi connectivity index (χ4n) is 2.66. The van der Waals surface area contributed by atoms with Crippen molar-refractivity contribution in [1.29, 1.82) is 0 Å². The molecule has 5 nitrogen and oxygen atoms in total. The minimum atomic E-state index is -0.920. The van der Waals surface area contributed by atoms with Crippen molar-refractivity contribution in [2.45, 2.75) is 19.8 Å².